The minimum absolute atomic E-state index is 0. The van der Waals surface area contributed by atoms with Gasteiger partial charge in [-0.3, -0.25) is 0 Å². The summed E-state index contributed by atoms with van der Waals surface area (Å²) in [5, 5.41) is 0. The average molecular weight is 986 g/mol. The quantitative estimate of drug-likeness (QED) is 0.223. The van der Waals surface area contributed by atoms with Crippen LogP contribution >= 0.6 is 0 Å². The van der Waals surface area contributed by atoms with E-state index in [2.05, 4.69) is 100 Å². The third-order valence-electron chi connectivity index (χ3n) is 14.4. The van der Waals surface area contributed by atoms with Crippen LogP contribution in [0.5, 0.6) is 0 Å². The summed E-state index contributed by atoms with van der Waals surface area (Å²) in [5.41, 5.74) is 5.04. The Morgan fingerprint density at radius 2 is 0.543 bits per heavy atom. The highest BCUT2D eigenvalue weighted by atomic mass is 19.1. The predicted octanol–water partition coefficient (Wildman–Crippen LogP) is 21.6. The van der Waals surface area contributed by atoms with Crippen LogP contribution in [-0.4, -0.2) is 19.5 Å². The molecule has 2 nitrogen and oxygen atoms in total. The lowest BCUT2D eigenvalue weighted by atomic mass is 9.84. The van der Waals surface area contributed by atoms with Crippen LogP contribution < -0.4 is 0 Å². The van der Waals surface area contributed by atoms with Crippen molar-refractivity contribution >= 4 is 0 Å². The van der Waals surface area contributed by atoms with E-state index in [-0.39, 0.29) is 40.0 Å². The van der Waals surface area contributed by atoms with Crippen molar-refractivity contribution in [1.29, 1.82) is 0 Å². The predicted molar refractivity (Wildman–Crippen MR) is 306 cm³/mol. The Balaban J connectivity index is -0.000000729. The molecule has 0 aromatic heterocycles. The Morgan fingerprint density at radius 3 is 0.757 bits per heavy atom. The number of rotatable bonds is 0. The number of ether oxygens (including phenoxy) is 2. The van der Waals surface area contributed by atoms with E-state index in [1.54, 1.807) is 19.9 Å². The number of benzene rings is 3. The van der Waals surface area contributed by atoms with E-state index in [0.29, 0.717) is 17.0 Å². The lowest BCUT2D eigenvalue weighted by molar-refractivity contribution is -0.187. The highest BCUT2D eigenvalue weighted by Crippen LogP contribution is 2.29. The zero-order valence-electron chi connectivity index (χ0n) is 46.1. The van der Waals surface area contributed by atoms with Crippen molar-refractivity contribution in [3.05, 3.63) is 105 Å². The maximum Gasteiger partial charge on any atom is 0.154 e. The average Bonchev–Trinajstić information content (AvgIpc) is 3.29. The molecule has 0 spiro atoms. The standard InChI is InChI=1S/C8H8F2.C8H9F.4C8H16.C8H10.C6H12O2.3CH4/c1-5-3-7(9)6(2)8(10)4-5;1-6-3-4-7(2)8(9)5-6;5*1-7-3-5-8(2)6-4-7;1-5-3-7-6(2)8-4-5;;;/h3-4H,1-2H3;3-5H,1-2H3;4*7-8H,3-6H2,1-2H3;3-6H,1-2H3;5-6H,3-4H2,1-2H3;3*1H4. The summed E-state index contributed by atoms with van der Waals surface area (Å²) in [6.07, 6.45) is 23.6. The van der Waals surface area contributed by atoms with Gasteiger partial charge >= 0.3 is 0 Å². The second-order valence-corrected chi connectivity index (χ2v) is 22.6. The lowest BCUT2D eigenvalue weighted by Gasteiger charge is -2.24. The fraction of sp³-hybridized carbons (Fsp3) is 0.723. The molecule has 0 N–H and O–H groups in total. The van der Waals surface area contributed by atoms with Crippen LogP contribution in [0.15, 0.2) is 54.6 Å². The van der Waals surface area contributed by atoms with Crippen molar-refractivity contribution < 1.29 is 22.6 Å². The molecule has 3 aromatic rings. The normalized spacial score (nSPS) is 26.4. The van der Waals surface area contributed by atoms with Crippen molar-refractivity contribution in [2.45, 2.75) is 242 Å². The first-order chi connectivity index (χ1) is 31.5. The molecule has 5 fully saturated rings. The van der Waals surface area contributed by atoms with E-state index < -0.39 is 11.6 Å². The van der Waals surface area contributed by atoms with Crippen molar-refractivity contribution in [1.82, 2.24) is 0 Å². The maximum atomic E-state index is 12.6. The highest BCUT2D eigenvalue weighted by molar-refractivity contribution is 5.24. The first-order valence-electron chi connectivity index (χ1n) is 27.0. The van der Waals surface area contributed by atoms with E-state index in [4.69, 9.17) is 9.47 Å². The van der Waals surface area contributed by atoms with Gasteiger partial charge in [0.05, 0.1) is 13.2 Å². The third-order valence-corrected chi connectivity index (χ3v) is 14.4. The Bertz CT molecular complexity index is 1440. The van der Waals surface area contributed by atoms with Gasteiger partial charge in [0.25, 0.3) is 0 Å². The topological polar surface area (TPSA) is 18.5 Å². The van der Waals surface area contributed by atoms with Gasteiger partial charge in [-0.05, 0) is 131 Å². The molecule has 1 saturated heterocycles. The molecule has 4 aliphatic carbocycles. The second kappa shape index (κ2) is 40.8. The molecule has 0 atom stereocenters. The molecule has 8 rings (SSSR count). The number of halogens is 3. The van der Waals surface area contributed by atoms with Crippen molar-refractivity contribution in [2.75, 3.05) is 13.2 Å². The zero-order chi connectivity index (χ0) is 50.5. The van der Waals surface area contributed by atoms with E-state index in [1.165, 1.54) is 139 Å². The maximum absolute atomic E-state index is 12.6. The van der Waals surface area contributed by atoms with Gasteiger partial charge in [-0.2, -0.15) is 0 Å². The molecule has 0 bridgehead atoms. The van der Waals surface area contributed by atoms with Crippen LogP contribution in [0.3, 0.4) is 0 Å². The molecule has 3 aromatic carbocycles. The molecular formula is C65H115F3O2. The molecule has 1 heterocycles. The van der Waals surface area contributed by atoms with Gasteiger partial charge in [-0.1, -0.05) is 235 Å². The Hall–Kier alpha value is -2.63. The fourth-order valence-corrected chi connectivity index (χ4v) is 8.51. The zero-order valence-corrected chi connectivity index (χ0v) is 46.1. The molecule has 408 valence electrons. The molecule has 4 saturated carbocycles. The molecule has 5 aliphatic rings. The Labute approximate surface area is 434 Å². The summed E-state index contributed by atoms with van der Waals surface area (Å²) < 4.78 is 48.1. The molecule has 0 amide bonds. The molecule has 5 heteroatoms. The number of hydrogen-bond acceptors (Lipinski definition) is 2. The Kier molecular flexibility index (Phi) is 41.7. The van der Waals surface area contributed by atoms with E-state index in [1.807, 2.05) is 19.9 Å². The number of hydrogen-bond donors (Lipinski definition) is 0. The minimum atomic E-state index is -0.475. The summed E-state index contributed by atoms with van der Waals surface area (Å²) in [7, 11) is 0. The number of aryl methyl sites for hydroxylation is 5. The summed E-state index contributed by atoms with van der Waals surface area (Å²) in [6, 6.07) is 16.3. The monoisotopic (exact) mass is 985 g/mol. The third kappa shape index (κ3) is 36.3. The lowest BCUT2D eigenvalue weighted by Crippen LogP contribution is -2.27. The van der Waals surface area contributed by atoms with Crippen LogP contribution in [0.2, 0.25) is 0 Å². The molecule has 0 radical (unpaired) electrons. The summed E-state index contributed by atoms with van der Waals surface area (Å²) in [4.78, 5) is 0. The summed E-state index contributed by atoms with van der Waals surface area (Å²) in [6.45, 7) is 35.6. The van der Waals surface area contributed by atoms with Crippen molar-refractivity contribution in [3.63, 3.8) is 0 Å². The molecule has 0 unspecified atom stereocenters. The van der Waals surface area contributed by atoms with Crippen LogP contribution in [0.25, 0.3) is 0 Å². The van der Waals surface area contributed by atoms with Gasteiger partial charge in [0.15, 0.2) is 6.29 Å². The van der Waals surface area contributed by atoms with Gasteiger partial charge in [-0.15, -0.1) is 0 Å². The van der Waals surface area contributed by atoms with Crippen molar-refractivity contribution in [2.24, 2.45) is 53.3 Å². The molecule has 70 heavy (non-hydrogen) atoms. The van der Waals surface area contributed by atoms with E-state index in [0.717, 1.165) is 66.1 Å². The molecular weight excluding hydrogens is 870 g/mol. The van der Waals surface area contributed by atoms with Crippen LogP contribution in [0.1, 0.15) is 228 Å². The second-order valence-electron chi connectivity index (χ2n) is 22.6. The molecule has 1 aliphatic heterocycles. The van der Waals surface area contributed by atoms with Crippen molar-refractivity contribution in [3.8, 4) is 0 Å². The largest absolute Gasteiger partial charge is 0.353 e. The summed E-state index contributed by atoms with van der Waals surface area (Å²) >= 11 is 0. The summed E-state index contributed by atoms with van der Waals surface area (Å²) in [5.74, 6) is 7.67. The highest BCUT2D eigenvalue weighted by Gasteiger charge is 2.16. The first kappa shape index (κ1) is 71.6. The van der Waals surface area contributed by atoms with Crippen LogP contribution in [0, 0.1) is 112 Å². The van der Waals surface area contributed by atoms with E-state index in [9.17, 15) is 13.2 Å². The van der Waals surface area contributed by atoms with Crippen LogP contribution in [-0.2, 0) is 9.47 Å². The Morgan fingerprint density at radius 1 is 0.314 bits per heavy atom. The van der Waals surface area contributed by atoms with E-state index >= 15 is 0 Å². The first-order valence-corrected chi connectivity index (χ1v) is 27.0. The fourth-order valence-electron chi connectivity index (χ4n) is 8.51. The SMILES string of the molecule is C.C.C.CC1CCC(C)CC1.CC1CCC(C)CC1.CC1CCC(C)CC1.CC1CCC(C)CC1.CC1COC(C)OC1.Cc1cc(F)c(C)c(F)c1.Cc1ccc(C)c(F)c1.Cc1ccc(C)cc1. The van der Waals surface area contributed by atoms with Gasteiger partial charge in [0.2, 0.25) is 0 Å². The van der Waals surface area contributed by atoms with Gasteiger partial charge in [0, 0.05) is 11.5 Å². The minimum Gasteiger partial charge on any atom is -0.353 e. The smallest absolute Gasteiger partial charge is 0.154 e. The van der Waals surface area contributed by atoms with Gasteiger partial charge < -0.3 is 9.47 Å². The van der Waals surface area contributed by atoms with Crippen LogP contribution in [0.4, 0.5) is 13.2 Å². The van der Waals surface area contributed by atoms with Gasteiger partial charge in [0.1, 0.15) is 17.5 Å². The van der Waals surface area contributed by atoms with Gasteiger partial charge in [-0.25, -0.2) is 13.2 Å².